The molecule has 0 bridgehead atoms. The van der Waals surface area contributed by atoms with Crippen LogP contribution >= 0.6 is 0 Å². The van der Waals surface area contributed by atoms with Crippen molar-refractivity contribution in [1.82, 2.24) is 0 Å². The second-order valence-corrected chi connectivity index (χ2v) is 3.81. The lowest BCUT2D eigenvalue weighted by molar-refractivity contribution is -0.144. The van der Waals surface area contributed by atoms with Gasteiger partial charge in [-0.25, -0.2) is 0 Å². The van der Waals surface area contributed by atoms with E-state index in [2.05, 4.69) is 0 Å². The Kier molecular flexibility index (Phi) is 3.55. The minimum atomic E-state index is -0.324. The maximum absolute atomic E-state index is 11.2. The summed E-state index contributed by atoms with van der Waals surface area (Å²) in [6, 6.07) is 19.5. The molecule has 2 nitrogen and oxygen atoms in total. The second-order valence-electron chi connectivity index (χ2n) is 3.81. The van der Waals surface area contributed by atoms with E-state index in [1.807, 2.05) is 60.7 Å². The molecule has 0 unspecified atom stereocenters. The minimum Gasteiger partial charge on any atom is -0.453 e. The lowest BCUT2D eigenvalue weighted by Crippen LogP contribution is -2.09. The lowest BCUT2D eigenvalue weighted by atomic mass is 10.0. The van der Waals surface area contributed by atoms with Gasteiger partial charge in [-0.3, -0.25) is 4.79 Å². The molecule has 0 aromatic heterocycles. The molecular weight excluding hydrogens is 212 g/mol. The molecule has 0 fully saturated rings. The van der Waals surface area contributed by atoms with Crippen LogP contribution in [0.25, 0.3) is 0 Å². The molecule has 0 radical (unpaired) electrons. The second kappa shape index (κ2) is 5.30. The number of hydrogen-bond acceptors (Lipinski definition) is 2. The Bertz CT molecular complexity index is 437. The minimum absolute atomic E-state index is 0.275. The largest absolute Gasteiger partial charge is 0.453 e. The summed E-state index contributed by atoms with van der Waals surface area (Å²) in [5, 5.41) is 0. The number of carbonyl (C=O) groups is 1. The fraction of sp³-hybridized carbons (Fsp3) is 0.133. The highest BCUT2D eigenvalue weighted by Gasteiger charge is 2.16. The molecule has 0 amide bonds. The van der Waals surface area contributed by atoms with Crippen LogP contribution in [0, 0.1) is 0 Å². The van der Waals surface area contributed by atoms with E-state index in [1.165, 1.54) is 6.92 Å². The molecule has 0 atom stereocenters. The first-order chi connectivity index (χ1) is 8.27. The van der Waals surface area contributed by atoms with E-state index >= 15 is 0 Å². The number of carbonyl (C=O) groups excluding carboxylic acids is 1. The average molecular weight is 226 g/mol. The molecule has 2 aromatic carbocycles. The van der Waals surface area contributed by atoms with E-state index in [-0.39, 0.29) is 12.1 Å². The molecule has 2 aromatic rings. The number of benzene rings is 2. The number of esters is 1. The lowest BCUT2D eigenvalue weighted by Gasteiger charge is -2.17. The van der Waals surface area contributed by atoms with Gasteiger partial charge in [-0.15, -0.1) is 0 Å². The van der Waals surface area contributed by atoms with Crippen LogP contribution in [0.4, 0.5) is 0 Å². The molecule has 0 aliphatic heterocycles. The third-order valence-electron chi connectivity index (χ3n) is 2.49. The Hall–Kier alpha value is -2.09. The third kappa shape index (κ3) is 2.94. The normalized spacial score (nSPS) is 10.2. The highest BCUT2D eigenvalue weighted by Crippen LogP contribution is 2.25. The van der Waals surface area contributed by atoms with Crippen molar-refractivity contribution in [2.45, 2.75) is 13.0 Å². The van der Waals surface area contributed by atoms with Crippen LogP contribution in [-0.4, -0.2) is 5.97 Å². The first-order valence-electron chi connectivity index (χ1n) is 5.54. The summed E-state index contributed by atoms with van der Waals surface area (Å²) in [6.07, 6.45) is -0.324. The molecule has 86 valence electrons. The van der Waals surface area contributed by atoms with Crippen LogP contribution in [0.1, 0.15) is 24.2 Å². The monoisotopic (exact) mass is 226 g/mol. The Morgan fingerprint density at radius 3 is 1.65 bits per heavy atom. The van der Waals surface area contributed by atoms with Gasteiger partial charge in [-0.1, -0.05) is 60.7 Å². The van der Waals surface area contributed by atoms with Crippen LogP contribution in [0.2, 0.25) is 0 Å². The molecule has 0 N–H and O–H groups in total. The van der Waals surface area contributed by atoms with Gasteiger partial charge in [0.25, 0.3) is 0 Å². The molecule has 0 saturated heterocycles. The van der Waals surface area contributed by atoms with Crippen molar-refractivity contribution < 1.29 is 9.53 Å². The maximum Gasteiger partial charge on any atom is 0.303 e. The Labute approximate surface area is 101 Å². The molecule has 0 aliphatic rings. The summed E-state index contributed by atoms with van der Waals surface area (Å²) in [5.41, 5.74) is 1.96. The zero-order chi connectivity index (χ0) is 12.1. The Morgan fingerprint density at radius 2 is 1.29 bits per heavy atom. The van der Waals surface area contributed by atoms with Gasteiger partial charge in [0.05, 0.1) is 0 Å². The van der Waals surface area contributed by atoms with Crippen molar-refractivity contribution in [3.05, 3.63) is 71.8 Å². The van der Waals surface area contributed by atoms with E-state index in [0.717, 1.165) is 11.1 Å². The SMILES string of the molecule is CC(=O)OC(c1ccccc1)c1ccccc1. The molecule has 2 heteroatoms. The molecule has 0 saturated carbocycles. The van der Waals surface area contributed by atoms with E-state index in [4.69, 9.17) is 4.74 Å². The predicted molar refractivity (Wildman–Crippen MR) is 66.5 cm³/mol. The zero-order valence-electron chi connectivity index (χ0n) is 9.67. The van der Waals surface area contributed by atoms with E-state index < -0.39 is 0 Å². The predicted octanol–water partition coefficient (Wildman–Crippen LogP) is 3.34. The smallest absolute Gasteiger partial charge is 0.303 e. The van der Waals surface area contributed by atoms with Gasteiger partial charge in [0.1, 0.15) is 0 Å². The fourth-order valence-electron chi connectivity index (χ4n) is 1.75. The summed E-state index contributed by atoms with van der Waals surface area (Å²) >= 11 is 0. The summed E-state index contributed by atoms with van der Waals surface area (Å²) in [4.78, 5) is 11.2. The zero-order valence-corrected chi connectivity index (χ0v) is 9.67. The van der Waals surface area contributed by atoms with E-state index in [9.17, 15) is 4.79 Å². The van der Waals surface area contributed by atoms with Crippen LogP contribution in [-0.2, 0) is 9.53 Å². The van der Waals surface area contributed by atoms with Crippen LogP contribution in [0.15, 0.2) is 60.7 Å². The van der Waals surface area contributed by atoms with Crippen molar-refractivity contribution in [3.63, 3.8) is 0 Å². The molecular formula is C15H14O2. The van der Waals surface area contributed by atoms with Gasteiger partial charge < -0.3 is 4.74 Å². The standard InChI is InChI=1S/C15H14O2/c1-12(16)17-15(13-8-4-2-5-9-13)14-10-6-3-7-11-14/h2-11,15H,1H3. The van der Waals surface area contributed by atoms with Gasteiger partial charge in [0, 0.05) is 6.92 Å². The number of rotatable bonds is 3. The molecule has 17 heavy (non-hydrogen) atoms. The topological polar surface area (TPSA) is 26.3 Å². The Balaban J connectivity index is 2.36. The average Bonchev–Trinajstić information content (AvgIpc) is 2.38. The fourth-order valence-corrected chi connectivity index (χ4v) is 1.75. The summed E-state index contributed by atoms with van der Waals surface area (Å²) in [6.45, 7) is 1.43. The Morgan fingerprint density at radius 1 is 0.882 bits per heavy atom. The third-order valence-corrected chi connectivity index (χ3v) is 2.49. The summed E-state index contributed by atoms with van der Waals surface area (Å²) < 4.78 is 5.38. The van der Waals surface area contributed by atoms with Crippen LogP contribution in [0.3, 0.4) is 0 Å². The van der Waals surface area contributed by atoms with Gasteiger partial charge in [-0.2, -0.15) is 0 Å². The summed E-state index contributed by atoms with van der Waals surface area (Å²) in [7, 11) is 0. The maximum atomic E-state index is 11.2. The molecule has 2 rings (SSSR count). The quantitative estimate of drug-likeness (QED) is 0.750. The van der Waals surface area contributed by atoms with Crippen molar-refractivity contribution in [3.8, 4) is 0 Å². The highest BCUT2D eigenvalue weighted by molar-refractivity contribution is 5.66. The molecule has 0 aliphatic carbocycles. The molecule has 0 spiro atoms. The van der Waals surface area contributed by atoms with Crippen molar-refractivity contribution in [2.75, 3.05) is 0 Å². The van der Waals surface area contributed by atoms with Gasteiger partial charge in [0.15, 0.2) is 6.10 Å². The van der Waals surface area contributed by atoms with Gasteiger partial charge in [-0.05, 0) is 11.1 Å². The number of ether oxygens (including phenoxy) is 1. The van der Waals surface area contributed by atoms with Crippen molar-refractivity contribution in [1.29, 1.82) is 0 Å². The van der Waals surface area contributed by atoms with Crippen molar-refractivity contribution in [2.24, 2.45) is 0 Å². The molecule has 0 heterocycles. The van der Waals surface area contributed by atoms with Gasteiger partial charge >= 0.3 is 5.97 Å². The van der Waals surface area contributed by atoms with E-state index in [0.29, 0.717) is 0 Å². The highest BCUT2D eigenvalue weighted by atomic mass is 16.5. The van der Waals surface area contributed by atoms with Crippen LogP contribution in [0.5, 0.6) is 0 Å². The van der Waals surface area contributed by atoms with Gasteiger partial charge in [0.2, 0.25) is 0 Å². The van der Waals surface area contributed by atoms with Crippen molar-refractivity contribution >= 4 is 5.97 Å². The summed E-state index contributed by atoms with van der Waals surface area (Å²) in [5.74, 6) is -0.275. The van der Waals surface area contributed by atoms with Crippen LogP contribution < -0.4 is 0 Å². The first kappa shape index (κ1) is 11.4. The van der Waals surface area contributed by atoms with E-state index in [1.54, 1.807) is 0 Å². The first-order valence-corrected chi connectivity index (χ1v) is 5.54. The number of hydrogen-bond donors (Lipinski definition) is 0.